The molecule has 1 unspecified atom stereocenters. The lowest BCUT2D eigenvalue weighted by Gasteiger charge is -2.35. The highest BCUT2D eigenvalue weighted by Gasteiger charge is 2.49. The molecule has 2 atom stereocenters. The standard InChI is InChI=1S/C25H28ClF2NO4/c1-32-23(30)21(15-17-9-4-2-5-10-17)29-24(31)33-22(18-11-6-3-7-12-18)25(27,28)19-13-8-14-20(26)16-19/h2,4-5,8-10,13-14,16,18,21-22H,3,6-7,11-12,15H2,1H3,(H,29,31)/t21-,22?/m0/s1. The van der Waals surface area contributed by atoms with Crippen LogP contribution in [0.3, 0.4) is 0 Å². The predicted molar refractivity (Wildman–Crippen MR) is 121 cm³/mol. The van der Waals surface area contributed by atoms with Gasteiger partial charge in [0.05, 0.1) is 7.11 Å². The maximum atomic E-state index is 15.6. The third-order valence-electron chi connectivity index (χ3n) is 5.94. The van der Waals surface area contributed by atoms with Crippen LogP contribution in [0.25, 0.3) is 0 Å². The van der Waals surface area contributed by atoms with Crippen molar-refractivity contribution in [2.75, 3.05) is 7.11 Å². The first-order valence-corrected chi connectivity index (χ1v) is 11.4. The average molecular weight is 480 g/mol. The van der Waals surface area contributed by atoms with Crippen LogP contribution in [0.2, 0.25) is 5.02 Å². The zero-order valence-electron chi connectivity index (χ0n) is 18.4. The number of alkyl halides is 2. The summed E-state index contributed by atoms with van der Waals surface area (Å²) in [5, 5.41) is 2.60. The number of hydrogen-bond acceptors (Lipinski definition) is 4. The van der Waals surface area contributed by atoms with E-state index in [1.165, 1.54) is 31.4 Å². The van der Waals surface area contributed by atoms with E-state index in [1.807, 2.05) is 6.07 Å². The van der Waals surface area contributed by atoms with Gasteiger partial charge in [-0.2, -0.15) is 8.78 Å². The molecule has 5 nitrogen and oxygen atoms in total. The predicted octanol–water partition coefficient (Wildman–Crippen LogP) is 5.89. The first-order chi connectivity index (χ1) is 15.8. The Bertz CT molecular complexity index is 935. The Morgan fingerprint density at radius 3 is 2.42 bits per heavy atom. The highest BCUT2D eigenvalue weighted by molar-refractivity contribution is 6.30. The molecule has 0 heterocycles. The topological polar surface area (TPSA) is 64.6 Å². The zero-order valence-corrected chi connectivity index (χ0v) is 19.2. The van der Waals surface area contributed by atoms with Crippen LogP contribution in [-0.4, -0.2) is 31.3 Å². The van der Waals surface area contributed by atoms with Crippen LogP contribution in [0.1, 0.15) is 43.2 Å². The highest BCUT2D eigenvalue weighted by atomic mass is 35.5. The Balaban J connectivity index is 1.80. The summed E-state index contributed by atoms with van der Waals surface area (Å²) < 4.78 is 41.3. The van der Waals surface area contributed by atoms with Crippen LogP contribution in [0.4, 0.5) is 13.6 Å². The summed E-state index contributed by atoms with van der Waals surface area (Å²) >= 11 is 5.94. The number of alkyl carbamates (subject to hydrolysis) is 1. The van der Waals surface area contributed by atoms with Crippen LogP contribution < -0.4 is 5.32 Å². The molecule has 1 aliphatic rings. The summed E-state index contributed by atoms with van der Waals surface area (Å²) in [5.41, 5.74) is 0.466. The first kappa shape index (κ1) is 25.0. The molecule has 1 aliphatic carbocycles. The van der Waals surface area contributed by atoms with Gasteiger partial charge in [0.25, 0.3) is 0 Å². The molecule has 1 N–H and O–H groups in total. The van der Waals surface area contributed by atoms with Gasteiger partial charge in [-0.05, 0) is 30.5 Å². The number of nitrogens with one attached hydrogen (secondary N) is 1. The van der Waals surface area contributed by atoms with E-state index in [2.05, 4.69) is 5.32 Å². The van der Waals surface area contributed by atoms with Crippen molar-refractivity contribution in [1.29, 1.82) is 0 Å². The molecule has 178 valence electrons. The molecular weight excluding hydrogens is 452 g/mol. The van der Waals surface area contributed by atoms with Crippen molar-refractivity contribution >= 4 is 23.7 Å². The molecule has 3 rings (SSSR count). The Hall–Kier alpha value is -2.67. The van der Waals surface area contributed by atoms with E-state index in [1.54, 1.807) is 24.3 Å². The Morgan fingerprint density at radius 2 is 1.79 bits per heavy atom. The van der Waals surface area contributed by atoms with Gasteiger partial charge < -0.3 is 14.8 Å². The van der Waals surface area contributed by atoms with E-state index in [-0.39, 0.29) is 17.0 Å². The molecular formula is C25H28ClF2NO4. The molecule has 0 spiro atoms. The molecule has 1 fully saturated rings. The summed E-state index contributed by atoms with van der Waals surface area (Å²) in [6, 6.07) is 13.3. The molecule has 1 saturated carbocycles. The van der Waals surface area contributed by atoms with Gasteiger partial charge in [-0.25, -0.2) is 9.59 Å². The number of ether oxygens (including phenoxy) is 2. The van der Waals surface area contributed by atoms with Gasteiger partial charge in [0.2, 0.25) is 0 Å². The van der Waals surface area contributed by atoms with Crippen LogP contribution in [0.15, 0.2) is 54.6 Å². The normalized spacial score (nSPS) is 16.5. The molecule has 0 radical (unpaired) electrons. The number of amides is 1. The molecule has 0 saturated heterocycles. The van der Waals surface area contributed by atoms with Crippen molar-refractivity contribution in [2.45, 2.75) is 56.6 Å². The number of methoxy groups -OCH3 is 1. The maximum absolute atomic E-state index is 15.6. The lowest BCUT2D eigenvalue weighted by atomic mass is 9.81. The summed E-state index contributed by atoms with van der Waals surface area (Å²) in [7, 11) is 1.20. The molecule has 2 aromatic rings. The summed E-state index contributed by atoms with van der Waals surface area (Å²) in [6.07, 6.45) is 0.954. The summed E-state index contributed by atoms with van der Waals surface area (Å²) in [4.78, 5) is 25.0. The van der Waals surface area contributed by atoms with Gasteiger partial charge in [0.1, 0.15) is 6.04 Å². The van der Waals surface area contributed by atoms with Gasteiger partial charge in [-0.15, -0.1) is 0 Å². The van der Waals surface area contributed by atoms with Crippen molar-refractivity contribution in [2.24, 2.45) is 5.92 Å². The lowest BCUT2D eigenvalue weighted by Crippen LogP contribution is -2.48. The minimum absolute atomic E-state index is 0.140. The fourth-order valence-corrected chi connectivity index (χ4v) is 4.43. The van der Waals surface area contributed by atoms with E-state index in [0.717, 1.165) is 24.8 Å². The first-order valence-electron chi connectivity index (χ1n) is 11.0. The minimum Gasteiger partial charge on any atom is -0.467 e. The third kappa shape index (κ3) is 6.67. The number of hydrogen-bond donors (Lipinski definition) is 1. The smallest absolute Gasteiger partial charge is 0.408 e. The van der Waals surface area contributed by atoms with Crippen molar-refractivity contribution < 1.29 is 27.8 Å². The molecule has 0 aromatic heterocycles. The van der Waals surface area contributed by atoms with Gasteiger partial charge in [0.15, 0.2) is 6.10 Å². The molecule has 0 aliphatic heterocycles. The van der Waals surface area contributed by atoms with Crippen LogP contribution in [-0.2, 0) is 26.6 Å². The van der Waals surface area contributed by atoms with Crippen molar-refractivity contribution in [1.82, 2.24) is 5.32 Å². The van der Waals surface area contributed by atoms with Crippen LogP contribution in [0, 0.1) is 5.92 Å². The van der Waals surface area contributed by atoms with Crippen molar-refractivity contribution in [3.05, 3.63) is 70.7 Å². The van der Waals surface area contributed by atoms with Gasteiger partial charge in [-0.1, -0.05) is 73.3 Å². The fraction of sp³-hybridized carbons (Fsp3) is 0.440. The number of rotatable bonds is 8. The van der Waals surface area contributed by atoms with Gasteiger partial charge >= 0.3 is 18.0 Å². The summed E-state index contributed by atoms with van der Waals surface area (Å²) in [5.74, 6) is -4.65. The molecule has 2 aromatic carbocycles. The van der Waals surface area contributed by atoms with E-state index in [0.29, 0.717) is 12.8 Å². The maximum Gasteiger partial charge on any atom is 0.408 e. The number of halogens is 3. The Morgan fingerprint density at radius 1 is 1.09 bits per heavy atom. The number of carbonyl (C=O) groups excluding carboxylic acids is 2. The lowest BCUT2D eigenvalue weighted by molar-refractivity contribution is -0.148. The van der Waals surface area contributed by atoms with E-state index in [4.69, 9.17) is 21.1 Å². The second kappa shape index (κ2) is 11.5. The zero-order chi connectivity index (χ0) is 23.8. The van der Waals surface area contributed by atoms with E-state index < -0.39 is 36.0 Å². The number of esters is 1. The Kier molecular flexibility index (Phi) is 8.67. The fourth-order valence-electron chi connectivity index (χ4n) is 4.24. The summed E-state index contributed by atoms with van der Waals surface area (Å²) in [6.45, 7) is 0. The largest absolute Gasteiger partial charge is 0.467 e. The van der Waals surface area contributed by atoms with Crippen molar-refractivity contribution in [3.8, 4) is 0 Å². The van der Waals surface area contributed by atoms with Crippen LogP contribution in [0.5, 0.6) is 0 Å². The molecule has 33 heavy (non-hydrogen) atoms. The quantitative estimate of drug-likeness (QED) is 0.479. The average Bonchev–Trinajstić information content (AvgIpc) is 2.82. The van der Waals surface area contributed by atoms with E-state index in [9.17, 15) is 9.59 Å². The third-order valence-corrected chi connectivity index (χ3v) is 6.17. The van der Waals surface area contributed by atoms with Crippen LogP contribution >= 0.6 is 11.6 Å². The minimum atomic E-state index is -3.45. The van der Waals surface area contributed by atoms with E-state index >= 15 is 8.78 Å². The van der Waals surface area contributed by atoms with Gasteiger partial charge in [0, 0.05) is 22.9 Å². The van der Waals surface area contributed by atoms with Crippen molar-refractivity contribution in [3.63, 3.8) is 0 Å². The second-order valence-corrected chi connectivity index (χ2v) is 8.70. The number of benzene rings is 2. The second-order valence-electron chi connectivity index (χ2n) is 8.27. The Labute approximate surface area is 197 Å². The highest BCUT2D eigenvalue weighted by Crippen LogP contribution is 2.42. The molecule has 8 heteroatoms. The molecule has 0 bridgehead atoms. The SMILES string of the molecule is COC(=O)[C@H](Cc1ccccc1)NC(=O)OC(C1CCCCC1)C(F)(F)c1cccc(Cl)c1. The monoisotopic (exact) mass is 479 g/mol. The van der Waals surface area contributed by atoms with Gasteiger partial charge in [-0.3, -0.25) is 0 Å². The number of carbonyl (C=O) groups is 2. The molecule has 1 amide bonds.